The van der Waals surface area contributed by atoms with Crippen molar-refractivity contribution >= 4 is 11.9 Å². The Balaban J connectivity index is 1.92. The number of nitrogens with zero attached hydrogens (tertiary/aromatic N) is 2. The van der Waals surface area contributed by atoms with Gasteiger partial charge >= 0.3 is 5.97 Å². The molecule has 25 heavy (non-hydrogen) atoms. The summed E-state index contributed by atoms with van der Waals surface area (Å²) in [6.07, 6.45) is 0. The predicted molar refractivity (Wildman–Crippen MR) is 98.9 cm³/mol. The number of likely N-dealkylation sites (tertiary alicyclic amines) is 1. The monoisotopic (exact) mass is 347 g/mol. The molecule has 1 fully saturated rings. The third kappa shape index (κ3) is 5.11. The molecule has 1 aliphatic rings. The Hall–Kier alpha value is -2.24. The molecule has 0 spiro atoms. The molecule has 138 valence electrons. The lowest BCUT2D eigenvalue weighted by Gasteiger charge is -2.21. The number of benzene rings is 1. The summed E-state index contributed by atoms with van der Waals surface area (Å²) in [7, 11) is 1.44. The van der Waals surface area contributed by atoms with Gasteiger partial charge in [0.05, 0.1) is 19.6 Å². The quantitative estimate of drug-likeness (QED) is 0.369. The maximum atomic E-state index is 11.9. The molecule has 1 aromatic carbocycles. The second kappa shape index (κ2) is 9.30. The van der Waals surface area contributed by atoms with Crippen molar-refractivity contribution in [2.45, 2.75) is 20.8 Å². The van der Waals surface area contributed by atoms with Gasteiger partial charge in [-0.1, -0.05) is 25.1 Å². The van der Waals surface area contributed by atoms with Crippen LogP contribution in [0.3, 0.4) is 0 Å². The first kappa shape index (κ1) is 19.1. The van der Waals surface area contributed by atoms with Crippen LogP contribution >= 0.6 is 0 Å². The van der Waals surface area contributed by atoms with Crippen molar-refractivity contribution in [2.75, 3.05) is 39.9 Å². The second-order valence-corrected chi connectivity index (χ2v) is 6.36. The molecular formula is C19H29N3O3. The zero-order valence-electron chi connectivity index (χ0n) is 15.6. The van der Waals surface area contributed by atoms with E-state index in [0.717, 1.165) is 30.4 Å². The number of aliphatic imine (C=N–C) groups is 1. The fourth-order valence-electron chi connectivity index (χ4n) is 3.05. The number of carbonyl (C=O) groups is 1. The maximum absolute atomic E-state index is 11.9. The van der Waals surface area contributed by atoms with Gasteiger partial charge in [-0.3, -0.25) is 4.79 Å². The smallest absolute Gasteiger partial charge is 0.310 e. The Morgan fingerprint density at radius 2 is 2.12 bits per heavy atom. The Morgan fingerprint density at radius 1 is 1.36 bits per heavy atom. The third-order valence-electron chi connectivity index (χ3n) is 4.45. The summed E-state index contributed by atoms with van der Waals surface area (Å²) in [5, 5.41) is 3.30. The highest BCUT2D eigenvalue weighted by Crippen LogP contribution is 2.24. The van der Waals surface area contributed by atoms with Gasteiger partial charge in [0.25, 0.3) is 0 Å². The van der Waals surface area contributed by atoms with Crippen LogP contribution in [0.1, 0.15) is 19.4 Å². The van der Waals surface area contributed by atoms with Crippen LogP contribution in [-0.2, 0) is 9.53 Å². The van der Waals surface area contributed by atoms with Crippen LogP contribution in [0.4, 0.5) is 0 Å². The van der Waals surface area contributed by atoms with Crippen LogP contribution in [0, 0.1) is 18.8 Å². The standard InChI is InChI=1S/C19H29N3O3/c1-5-20-19(22-12-15(3)16(13-22)18(23)24-4)21-10-11-25-17-9-7-6-8-14(17)2/h6-9,15-16H,5,10-13H2,1-4H3,(H,20,21). The van der Waals surface area contributed by atoms with Gasteiger partial charge in [0, 0.05) is 19.6 Å². The number of guanidine groups is 1. The Bertz CT molecular complexity index is 603. The summed E-state index contributed by atoms with van der Waals surface area (Å²) >= 11 is 0. The van der Waals surface area contributed by atoms with E-state index in [2.05, 4.69) is 22.1 Å². The number of methoxy groups -OCH3 is 1. The number of rotatable bonds is 6. The van der Waals surface area contributed by atoms with Gasteiger partial charge in [-0.2, -0.15) is 0 Å². The first-order valence-corrected chi connectivity index (χ1v) is 8.86. The van der Waals surface area contributed by atoms with Crippen molar-refractivity contribution in [3.63, 3.8) is 0 Å². The van der Waals surface area contributed by atoms with Gasteiger partial charge < -0.3 is 19.7 Å². The van der Waals surface area contributed by atoms with Gasteiger partial charge in [0.2, 0.25) is 0 Å². The molecule has 0 radical (unpaired) electrons. The average molecular weight is 347 g/mol. The Morgan fingerprint density at radius 3 is 2.80 bits per heavy atom. The minimum absolute atomic E-state index is 0.0999. The molecule has 0 amide bonds. The van der Waals surface area contributed by atoms with Gasteiger partial charge in [-0.05, 0) is 31.4 Å². The number of nitrogens with one attached hydrogen (secondary N) is 1. The number of esters is 1. The van der Waals surface area contributed by atoms with E-state index in [0.29, 0.717) is 19.7 Å². The van der Waals surface area contributed by atoms with Crippen molar-refractivity contribution in [1.82, 2.24) is 10.2 Å². The van der Waals surface area contributed by atoms with Crippen molar-refractivity contribution < 1.29 is 14.3 Å². The molecule has 1 aliphatic heterocycles. The van der Waals surface area contributed by atoms with E-state index in [-0.39, 0.29) is 17.8 Å². The van der Waals surface area contributed by atoms with Crippen LogP contribution in [-0.4, -0.2) is 56.7 Å². The summed E-state index contributed by atoms with van der Waals surface area (Å²) in [4.78, 5) is 18.6. The topological polar surface area (TPSA) is 63.2 Å². The maximum Gasteiger partial charge on any atom is 0.310 e. The second-order valence-electron chi connectivity index (χ2n) is 6.36. The van der Waals surface area contributed by atoms with E-state index in [1.807, 2.05) is 38.1 Å². The molecule has 6 nitrogen and oxygen atoms in total. The molecule has 0 saturated carbocycles. The van der Waals surface area contributed by atoms with Crippen LogP contribution < -0.4 is 10.1 Å². The highest BCUT2D eigenvalue weighted by Gasteiger charge is 2.36. The molecule has 0 aromatic heterocycles. The number of aryl methyl sites for hydroxylation is 1. The zero-order valence-corrected chi connectivity index (χ0v) is 15.6. The molecule has 0 bridgehead atoms. The molecule has 1 aromatic rings. The first-order chi connectivity index (χ1) is 12.1. The van der Waals surface area contributed by atoms with E-state index < -0.39 is 0 Å². The van der Waals surface area contributed by atoms with E-state index in [1.165, 1.54) is 7.11 Å². The summed E-state index contributed by atoms with van der Waals surface area (Å²) in [5.74, 6) is 1.72. The molecule has 2 rings (SSSR count). The van der Waals surface area contributed by atoms with Crippen LogP contribution in [0.2, 0.25) is 0 Å². The summed E-state index contributed by atoms with van der Waals surface area (Å²) in [6, 6.07) is 7.96. The lowest BCUT2D eigenvalue weighted by molar-refractivity contribution is -0.145. The van der Waals surface area contributed by atoms with Crippen molar-refractivity contribution in [3.05, 3.63) is 29.8 Å². The highest BCUT2D eigenvalue weighted by molar-refractivity contribution is 5.82. The molecule has 2 unspecified atom stereocenters. The van der Waals surface area contributed by atoms with Crippen LogP contribution in [0.15, 0.2) is 29.3 Å². The molecule has 1 saturated heterocycles. The molecule has 1 heterocycles. The van der Waals surface area contributed by atoms with Gasteiger partial charge in [-0.25, -0.2) is 4.99 Å². The van der Waals surface area contributed by atoms with Crippen LogP contribution in [0.25, 0.3) is 0 Å². The summed E-state index contributed by atoms with van der Waals surface area (Å²) < 4.78 is 10.7. The summed E-state index contributed by atoms with van der Waals surface area (Å²) in [6.45, 7) is 9.44. The fourth-order valence-corrected chi connectivity index (χ4v) is 3.05. The zero-order chi connectivity index (χ0) is 18.2. The number of para-hydroxylation sites is 1. The van der Waals surface area contributed by atoms with E-state index in [4.69, 9.17) is 9.47 Å². The lowest BCUT2D eigenvalue weighted by Crippen LogP contribution is -2.41. The third-order valence-corrected chi connectivity index (χ3v) is 4.45. The van der Waals surface area contributed by atoms with Crippen molar-refractivity contribution in [2.24, 2.45) is 16.8 Å². The predicted octanol–water partition coefficient (Wildman–Crippen LogP) is 2.08. The Kier molecular flexibility index (Phi) is 7.10. The molecule has 6 heteroatoms. The normalized spacial score (nSPS) is 20.5. The minimum atomic E-state index is -0.145. The van der Waals surface area contributed by atoms with Gasteiger partial charge in [0.1, 0.15) is 12.4 Å². The number of ether oxygens (including phenoxy) is 2. The van der Waals surface area contributed by atoms with E-state index in [1.54, 1.807) is 0 Å². The molecule has 2 atom stereocenters. The van der Waals surface area contributed by atoms with E-state index >= 15 is 0 Å². The molecular weight excluding hydrogens is 318 g/mol. The molecule has 0 aliphatic carbocycles. The number of carbonyl (C=O) groups excluding carboxylic acids is 1. The highest BCUT2D eigenvalue weighted by atomic mass is 16.5. The molecule has 1 N–H and O–H groups in total. The van der Waals surface area contributed by atoms with Crippen molar-refractivity contribution in [3.8, 4) is 5.75 Å². The first-order valence-electron chi connectivity index (χ1n) is 8.86. The minimum Gasteiger partial charge on any atom is -0.491 e. The average Bonchev–Trinajstić information content (AvgIpc) is 3.00. The SMILES string of the molecule is CCNC(=NCCOc1ccccc1C)N1CC(C)C(C(=O)OC)C1. The van der Waals surface area contributed by atoms with E-state index in [9.17, 15) is 4.79 Å². The fraction of sp³-hybridized carbons (Fsp3) is 0.579. The largest absolute Gasteiger partial charge is 0.491 e. The number of hydrogen-bond acceptors (Lipinski definition) is 4. The van der Waals surface area contributed by atoms with Gasteiger partial charge in [-0.15, -0.1) is 0 Å². The van der Waals surface area contributed by atoms with Crippen LogP contribution in [0.5, 0.6) is 5.75 Å². The summed E-state index contributed by atoms with van der Waals surface area (Å²) in [5.41, 5.74) is 1.12. The number of hydrogen-bond donors (Lipinski definition) is 1. The lowest BCUT2D eigenvalue weighted by atomic mass is 9.99. The van der Waals surface area contributed by atoms with Gasteiger partial charge in [0.15, 0.2) is 5.96 Å². The Labute approximate surface area is 150 Å². The van der Waals surface area contributed by atoms with Crippen molar-refractivity contribution in [1.29, 1.82) is 0 Å².